The molecule has 1 N–H and O–H groups in total. The van der Waals surface area contributed by atoms with Crippen molar-refractivity contribution in [3.8, 4) is 0 Å². The molecular formula is C16H21N3. The first-order valence-electron chi connectivity index (χ1n) is 7.17. The average Bonchev–Trinajstić information content (AvgIpc) is 3.16. The Morgan fingerprint density at radius 2 is 2.05 bits per heavy atom. The molecule has 3 rings (SSSR count). The third kappa shape index (κ3) is 3.37. The predicted octanol–water partition coefficient (Wildman–Crippen LogP) is 4.13. The van der Waals surface area contributed by atoms with Gasteiger partial charge >= 0.3 is 0 Å². The van der Waals surface area contributed by atoms with E-state index in [1.165, 1.54) is 25.7 Å². The van der Waals surface area contributed by atoms with E-state index < -0.39 is 0 Å². The lowest BCUT2D eigenvalue weighted by atomic mass is 10.2. The van der Waals surface area contributed by atoms with Gasteiger partial charge in [-0.1, -0.05) is 31.0 Å². The largest absolute Gasteiger partial charge is 0.326 e. The fourth-order valence-corrected chi connectivity index (χ4v) is 2.42. The van der Waals surface area contributed by atoms with E-state index >= 15 is 0 Å². The number of benzene rings is 1. The average molecular weight is 255 g/mol. The summed E-state index contributed by atoms with van der Waals surface area (Å²) in [5, 5.41) is 3.40. The first-order valence-corrected chi connectivity index (χ1v) is 7.17. The maximum atomic E-state index is 4.57. The third-order valence-electron chi connectivity index (χ3n) is 3.64. The van der Waals surface area contributed by atoms with Crippen molar-refractivity contribution in [3.05, 3.63) is 42.2 Å². The van der Waals surface area contributed by atoms with Gasteiger partial charge < -0.3 is 9.88 Å². The fourth-order valence-electron chi connectivity index (χ4n) is 2.42. The quantitative estimate of drug-likeness (QED) is 0.841. The minimum atomic E-state index is 0.958. The van der Waals surface area contributed by atoms with Crippen molar-refractivity contribution in [2.45, 2.75) is 39.2 Å². The summed E-state index contributed by atoms with van der Waals surface area (Å²) in [6.45, 7) is 3.11. The van der Waals surface area contributed by atoms with E-state index in [4.69, 9.17) is 0 Å². The predicted molar refractivity (Wildman–Crippen MR) is 78.6 cm³/mol. The van der Waals surface area contributed by atoms with E-state index in [-0.39, 0.29) is 0 Å². The third-order valence-corrected chi connectivity index (χ3v) is 3.64. The Morgan fingerprint density at radius 3 is 2.79 bits per heavy atom. The molecule has 2 aromatic rings. The zero-order valence-electron chi connectivity index (χ0n) is 11.5. The Kier molecular flexibility index (Phi) is 3.53. The Balaban J connectivity index is 1.65. The molecule has 0 saturated heterocycles. The van der Waals surface area contributed by atoms with E-state index in [0.29, 0.717) is 0 Å². The molecule has 1 aliphatic carbocycles. The number of imidazole rings is 1. The normalized spacial score (nSPS) is 14.6. The van der Waals surface area contributed by atoms with E-state index in [9.17, 15) is 0 Å². The summed E-state index contributed by atoms with van der Waals surface area (Å²) < 4.78 is 2.24. The molecule has 1 aromatic heterocycles. The summed E-state index contributed by atoms with van der Waals surface area (Å²) >= 11 is 0. The Morgan fingerprint density at radius 1 is 1.26 bits per heavy atom. The van der Waals surface area contributed by atoms with Gasteiger partial charge in [-0.15, -0.1) is 0 Å². The molecule has 3 heteroatoms. The van der Waals surface area contributed by atoms with E-state index in [1.807, 2.05) is 25.1 Å². The van der Waals surface area contributed by atoms with Crippen LogP contribution in [0.4, 0.5) is 11.6 Å². The van der Waals surface area contributed by atoms with Crippen LogP contribution in [0.15, 0.2) is 36.5 Å². The molecule has 0 amide bonds. The number of rotatable bonds is 6. The van der Waals surface area contributed by atoms with Crippen LogP contribution >= 0.6 is 0 Å². The van der Waals surface area contributed by atoms with Gasteiger partial charge in [-0.25, -0.2) is 4.98 Å². The lowest BCUT2D eigenvalue weighted by Crippen LogP contribution is -2.03. The number of hydrogen-bond donors (Lipinski definition) is 1. The minimum absolute atomic E-state index is 0.958. The van der Waals surface area contributed by atoms with Crippen molar-refractivity contribution >= 4 is 11.6 Å². The Hall–Kier alpha value is -1.77. The van der Waals surface area contributed by atoms with Crippen LogP contribution in [-0.4, -0.2) is 9.55 Å². The zero-order chi connectivity index (χ0) is 13.1. The van der Waals surface area contributed by atoms with E-state index in [2.05, 4.69) is 33.2 Å². The lowest BCUT2D eigenvalue weighted by molar-refractivity contribution is 0.581. The molecule has 1 fully saturated rings. The summed E-state index contributed by atoms with van der Waals surface area (Å²) in [5.74, 6) is 1.97. The second-order valence-corrected chi connectivity index (χ2v) is 5.48. The van der Waals surface area contributed by atoms with Crippen LogP contribution in [0.5, 0.6) is 0 Å². The van der Waals surface area contributed by atoms with Gasteiger partial charge in [0.1, 0.15) is 0 Å². The molecule has 1 aliphatic rings. The molecule has 1 aromatic carbocycles. The number of nitrogens with one attached hydrogen (secondary N) is 1. The van der Waals surface area contributed by atoms with Gasteiger partial charge in [-0.05, 0) is 37.8 Å². The summed E-state index contributed by atoms with van der Waals surface area (Å²) in [4.78, 5) is 4.57. The second-order valence-electron chi connectivity index (χ2n) is 5.48. The zero-order valence-corrected chi connectivity index (χ0v) is 11.5. The maximum Gasteiger partial charge on any atom is 0.207 e. The smallest absolute Gasteiger partial charge is 0.207 e. The molecule has 0 unspecified atom stereocenters. The van der Waals surface area contributed by atoms with Gasteiger partial charge in [-0.3, -0.25) is 0 Å². The summed E-state index contributed by atoms with van der Waals surface area (Å²) in [5.41, 5.74) is 2.17. The van der Waals surface area contributed by atoms with Crippen molar-refractivity contribution in [1.82, 2.24) is 9.55 Å². The molecule has 100 valence electrons. The molecular weight excluding hydrogens is 234 g/mol. The maximum absolute atomic E-state index is 4.57. The van der Waals surface area contributed by atoms with Crippen molar-refractivity contribution < 1.29 is 0 Å². The summed E-state index contributed by atoms with van der Waals surface area (Å²) in [6, 6.07) is 10.2. The van der Waals surface area contributed by atoms with E-state index in [0.717, 1.165) is 29.8 Å². The van der Waals surface area contributed by atoms with Crippen molar-refractivity contribution in [2.75, 3.05) is 5.32 Å². The first-order chi connectivity index (χ1) is 9.31. The van der Waals surface area contributed by atoms with Crippen LogP contribution in [0, 0.1) is 12.8 Å². The van der Waals surface area contributed by atoms with Crippen molar-refractivity contribution in [1.29, 1.82) is 0 Å². The molecule has 0 bridgehead atoms. The van der Waals surface area contributed by atoms with Gasteiger partial charge in [0, 0.05) is 18.4 Å². The number of aromatic nitrogens is 2. The van der Waals surface area contributed by atoms with Crippen LogP contribution in [-0.2, 0) is 6.54 Å². The van der Waals surface area contributed by atoms with Crippen molar-refractivity contribution in [2.24, 2.45) is 5.92 Å². The topological polar surface area (TPSA) is 29.9 Å². The van der Waals surface area contributed by atoms with Crippen LogP contribution in [0.1, 0.15) is 31.4 Å². The van der Waals surface area contributed by atoms with Gasteiger partial charge in [0.25, 0.3) is 0 Å². The van der Waals surface area contributed by atoms with Crippen LogP contribution in [0.2, 0.25) is 0 Å². The molecule has 0 radical (unpaired) electrons. The number of anilines is 2. The van der Waals surface area contributed by atoms with Gasteiger partial charge in [-0.2, -0.15) is 0 Å². The number of para-hydroxylation sites is 1. The van der Waals surface area contributed by atoms with Crippen molar-refractivity contribution in [3.63, 3.8) is 0 Å². The number of aryl methyl sites for hydroxylation is 2. The summed E-state index contributed by atoms with van der Waals surface area (Å²) in [6.07, 6.45) is 7.64. The van der Waals surface area contributed by atoms with E-state index in [1.54, 1.807) is 0 Å². The second kappa shape index (κ2) is 5.47. The number of nitrogens with zero attached hydrogens (tertiary/aromatic N) is 2. The highest BCUT2D eigenvalue weighted by Gasteiger charge is 2.20. The summed E-state index contributed by atoms with van der Waals surface area (Å²) in [7, 11) is 0. The van der Waals surface area contributed by atoms with Crippen LogP contribution in [0.3, 0.4) is 0 Å². The van der Waals surface area contributed by atoms with Crippen LogP contribution in [0.25, 0.3) is 0 Å². The van der Waals surface area contributed by atoms with Gasteiger partial charge in [0.2, 0.25) is 5.95 Å². The molecule has 19 heavy (non-hydrogen) atoms. The first kappa shape index (κ1) is 12.3. The molecule has 0 atom stereocenters. The molecule has 3 nitrogen and oxygen atoms in total. The highest BCUT2D eigenvalue weighted by Crippen LogP contribution is 2.33. The molecule has 0 aliphatic heterocycles. The number of hydrogen-bond acceptors (Lipinski definition) is 2. The Bertz CT molecular complexity index is 526. The lowest BCUT2D eigenvalue weighted by Gasteiger charge is -2.09. The fraction of sp³-hybridized carbons (Fsp3) is 0.438. The highest BCUT2D eigenvalue weighted by molar-refractivity contribution is 5.53. The Labute approximate surface area is 114 Å². The molecule has 1 saturated carbocycles. The monoisotopic (exact) mass is 255 g/mol. The van der Waals surface area contributed by atoms with Gasteiger partial charge in [0.05, 0.1) is 5.69 Å². The van der Waals surface area contributed by atoms with Crippen LogP contribution < -0.4 is 5.32 Å². The SMILES string of the molecule is Cc1cn(CCCC2CC2)c(Nc2ccccc2)n1. The minimum Gasteiger partial charge on any atom is -0.326 e. The highest BCUT2D eigenvalue weighted by atomic mass is 15.2. The molecule has 0 spiro atoms. The van der Waals surface area contributed by atoms with Gasteiger partial charge in [0.15, 0.2) is 0 Å². The standard InChI is InChI=1S/C16H21N3/c1-13-12-19(11-5-6-14-9-10-14)16(17-13)18-15-7-3-2-4-8-15/h2-4,7-8,12,14H,5-6,9-11H2,1H3,(H,17,18). The molecule has 1 heterocycles.